The molecule has 1 rings (SSSR count). The summed E-state index contributed by atoms with van der Waals surface area (Å²) in [7, 11) is -3.71. The summed E-state index contributed by atoms with van der Waals surface area (Å²) in [5.41, 5.74) is -0.392. The van der Waals surface area contributed by atoms with Crippen molar-refractivity contribution >= 4 is 36.8 Å². The molecule has 1 aromatic carbocycles. The predicted octanol–water partition coefficient (Wildman–Crippen LogP) is 4.65. The number of esters is 1. The smallest absolute Gasteiger partial charge is 0.395 e. The molecular formula is C14H17Cl2O6P. The Morgan fingerprint density at radius 1 is 1.22 bits per heavy atom. The highest BCUT2D eigenvalue weighted by atomic mass is 35.5. The molecule has 0 unspecified atom stereocenters. The van der Waals surface area contributed by atoms with Crippen LogP contribution < -0.4 is 4.74 Å². The summed E-state index contributed by atoms with van der Waals surface area (Å²) in [6, 6.07) is 4.55. The van der Waals surface area contributed by atoms with E-state index in [4.69, 9.17) is 41.7 Å². The van der Waals surface area contributed by atoms with E-state index in [1.807, 2.05) is 0 Å². The second-order valence-corrected chi connectivity index (χ2v) is 6.92. The molecule has 0 N–H and O–H groups in total. The van der Waals surface area contributed by atoms with E-state index < -0.39 is 25.7 Å². The summed E-state index contributed by atoms with van der Waals surface area (Å²) >= 11 is 11.7. The maximum absolute atomic E-state index is 12.3. The van der Waals surface area contributed by atoms with Gasteiger partial charge in [0.1, 0.15) is 5.75 Å². The first-order valence-corrected chi connectivity index (χ1v) is 8.99. The van der Waals surface area contributed by atoms with Gasteiger partial charge in [-0.25, -0.2) is 4.79 Å². The highest BCUT2D eigenvalue weighted by Crippen LogP contribution is 2.55. The van der Waals surface area contributed by atoms with Crippen molar-refractivity contribution in [1.82, 2.24) is 0 Å². The van der Waals surface area contributed by atoms with Gasteiger partial charge < -0.3 is 18.5 Å². The number of carbonyl (C=O) groups is 1. The Balaban J connectivity index is 2.61. The van der Waals surface area contributed by atoms with Crippen LogP contribution in [0.5, 0.6) is 5.75 Å². The van der Waals surface area contributed by atoms with Crippen molar-refractivity contribution in [3.63, 3.8) is 0 Å². The zero-order valence-electron chi connectivity index (χ0n) is 12.7. The first-order valence-electron chi connectivity index (χ1n) is 6.69. The lowest BCUT2D eigenvalue weighted by Crippen LogP contribution is -2.15. The average Bonchev–Trinajstić information content (AvgIpc) is 2.46. The van der Waals surface area contributed by atoms with E-state index in [1.54, 1.807) is 19.9 Å². The molecule has 1 aromatic rings. The van der Waals surface area contributed by atoms with Gasteiger partial charge in [0, 0.05) is 5.02 Å². The molecule has 6 nitrogen and oxygen atoms in total. The molecule has 0 spiro atoms. The van der Waals surface area contributed by atoms with Crippen LogP contribution in [0.4, 0.5) is 0 Å². The van der Waals surface area contributed by atoms with Gasteiger partial charge in [0.2, 0.25) is 5.50 Å². The van der Waals surface area contributed by atoms with Gasteiger partial charge in [-0.1, -0.05) is 23.2 Å². The molecule has 23 heavy (non-hydrogen) atoms. The molecule has 0 aliphatic heterocycles. The predicted molar refractivity (Wildman–Crippen MR) is 88.0 cm³/mol. The summed E-state index contributed by atoms with van der Waals surface area (Å²) in [5.74, 6) is -0.558. The molecule has 0 fully saturated rings. The maximum atomic E-state index is 12.3. The fraction of sp³-hybridized carbons (Fsp3) is 0.357. The summed E-state index contributed by atoms with van der Waals surface area (Å²) in [6.45, 7) is 6.47. The van der Waals surface area contributed by atoms with Crippen molar-refractivity contribution in [2.45, 2.75) is 13.8 Å². The van der Waals surface area contributed by atoms with E-state index >= 15 is 0 Å². The zero-order valence-corrected chi connectivity index (χ0v) is 15.1. The van der Waals surface area contributed by atoms with Gasteiger partial charge >= 0.3 is 13.6 Å². The van der Waals surface area contributed by atoms with Crippen LogP contribution in [0.2, 0.25) is 10.0 Å². The molecule has 0 aromatic heterocycles. The van der Waals surface area contributed by atoms with Crippen molar-refractivity contribution in [2.75, 3.05) is 19.8 Å². The quantitative estimate of drug-likeness (QED) is 0.351. The topological polar surface area (TPSA) is 71.1 Å². The molecule has 0 aliphatic rings. The third kappa shape index (κ3) is 6.16. The molecular weight excluding hydrogens is 366 g/mol. The highest BCUT2D eigenvalue weighted by Gasteiger charge is 2.31. The van der Waals surface area contributed by atoms with Crippen LogP contribution in [-0.4, -0.2) is 25.8 Å². The van der Waals surface area contributed by atoms with Crippen LogP contribution in [0.15, 0.2) is 30.3 Å². The van der Waals surface area contributed by atoms with E-state index in [0.29, 0.717) is 5.02 Å². The van der Waals surface area contributed by atoms with Crippen LogP contribution in [-0.2, 0) is 23.1 Å². The van der Waals surface area contributed by atoms with Crippen molar-refractivity contribution in [3.8, 4) is 5.75 Å². The number of carbonyl (C=O) groups excluding carboxylic acids is 1. The van der Waals surface area contributed by atoms with Gasteiger partial charge in [0.15, 0.2) is 6.61 Å². The van der Waals surface area contributed by atoms with Crippen molar-refractivity contribution < 1.29 is 27.9 Å². The van der Waals surface area contributed by atoms with Gasteiger partial charge in [0.25, 0.3) is 0 Å². The summed E-state index contributed by atoms with van der Waals surface area (Å²) in [4.78, 5) is 11.8. The number of ether oxygens (including phenoxy) is 2. The third-order valence-electron chi connectivity index (χ3n) is 2.37. The van der Waals surface area contributed by atoms with Gasteiger partial charge in [-0.05, 0) is 38.6 Å². The molecule has 0 saturated heterocycles. The van der Waals surface area contributed by atoms with Crippen LogP contribution in [0.1, 0.15) is 13.8 Å². The van der Waals surface area contributed by atoms with Crippen LogP contribution in [0.3, 0.4) is 0 Å². The molecule has 128 valence electrons. The van der Waals surface area contributed by atoms with Crippen LogP contribution in [0, 0.1) is 0 Å². The van der Waals surface area contributed by atoms with Crippen molar-refractivity contribution in [2.24, 2.45) is 0 Å². The Kier molecular flexibility index (Phi) is 8.09. The van der Waals surface area contributed by atoms with Crippen molar-refractivity contribution in [3.05, 3.63) is 40.3 Å². The number of rotatable bonds is 9. The van der Waals surface area contributed by atoms with Crippen LogP contribution in [0.25, 0.3) is 0 Å². The molecule has 9 heteroatoms. The van der Waals surface area contributed by atoms with Crippen LogP contribution >= 0.6 is 30.8 Å². The van der Waals surface area contributed by atoms with Gasteiger partial charge in [-0.3, -0.25) is 4.57 Å². The van der Waals surface area contributed by atoms with E-state index in [-0.39, 0.29) is 24.0 Å². The monoisotopic (exact) mass is 382 g/mol. The first-order chi connectivity index (χ1) is 10.8. The van der Waals surface area contributed by atoms with Crippen molar-refractivity contribution in [1.29, 1.82) is 0 Å². The minimum atomic E-state index is -3.71. The summed E-state index contributed by atoms with van der Waals surface area (Å²) < 4.78 is 32.4. The standard InChI is InChI=1S/C14H17Cl2O6P/c1-4-20-23(18,21-5-2)10(3)22-14(17)9-19-13-7-6-11(15)8-12(13)16/h6-8H,3-5,9H2,1-2H3. The molecule has 0 atom stereocenters. The molecule has 0 saturated carbocycles. The largest absolute Gasteiger partial charge is 0.480 e. The molecule has 0 amide bonds. The number of hydrogen-bond acceptors (Lipinski definition) is 6. The van der Waals surface area contributed by atoms with E-state index in [1.165, 1.54) is 12.1 Å². The fourth-order valence-electron chi connectivity index (χ4n) is 1.47. The first kappa shape index (κ1) is 20.0. The number of benzene rings is 1. The van der Waals surface area contributed by atoms with Gasteiger partial charge in [-0.2, -0.15) is 0 Å². The minimum Gasteiger partial charge on any atom is -0.480 e. The Hall–Kier alpha value is -1.04. The molecule has 0 radical (unpaired) electrons. The fourth-order valence-corrected chi connectivity index (χ4v) is 3.19. The Bertz CT molecular complexity index is 609. The van der Waals surface area contributed by atoms with Gasteiger partial charge in [-0.15, -0.1) is 0 Å². The normalized spacial score (nSPS) is 11.1. The van der Waals surface area contributed by atoms with E-state index in [0.717, 1.165) is 0 Å². The second-order valence-electron chi connectivity index (χ2n) is 4.06. The maximum Gasteiger partial charge on any atom is 0.395 e. The van der Waals surface area contributed by atoms with E-state index in [2.05, 4.69) is 6.58 Å². The number of halogens is 2. The Morgan fingerprint density at radius 2 is 1.83 bits per heavy atom. The number of hydrogen-bond donors (Lipinski definition) is 0. The third-order valence-corrected chi connectivity index (χ3v) is 4.80. The lowest BCUT2D eigenvalue weighted by molar-refractivity contribution is -0.141. The molecule has 0 aliphatic carbocycles. The summed E-state index contributed by atoms with van der Waals surface area (Å²) in [6.07, 6.45) is 0. The lowest BCUT2D eigenvalue weighted by atomic mass is 10.3. The average molecular weight is 383 g/mol. The van der Waals surface area contributed by atoms with Gasteiger partial charge in [0.05, 0.1) is 18.2 Å². The molecule has 0 bridgehead atoms. The lowest BCUT2D eigenvalue weighted by Gasteiger charge is -2.18. The zero-order chi connectivity index (χ0) is 17.5. The Labute approximate surface area is 144 Å². The second kappa shape index (κ2) is 9.30. The summed E-state index contributed by atoms with van der Waals surface area (Å²) in [5, 5.41) is 0.686. The minimum absolute atomic E-state index is 0.116. The van der Waals surface area contributed by atoms with E-state index in [9.17, 15) is 9.36 Å². The Morgan fingerprint density at radius 3 is 2.35 bits per heavy atom. The SMILES string of the molecule is C=C(OC(=O)COc1ccc(Cl)cc1Cl)P(=O)(OCC)OCC. The highest BCUT2D eigenvalue weighted by molar-refractivity contribution is 7.58. The molecule has 0 heterocycles.